The summed E-state index contributed by atoms with van der Waals surface area (Å²) in [5.74, 6) is 0. The molecule has 13 heavy (non-hydrogen) atoms. The lowest BCUT2D eigenvalue weighted by Crippen LogP contribution is -2.44. The first-order valence-corrected chi connectivity index (χ1v) is 5.19. The van der Waals surface area contributed by atoms with E-state index in [2.05, 4.69) is 22.2 Å². The predicted octanol–water partition coefficient (Wildman–Crippen LogP) is 1.19. The fourth-order valence-electron chi connectivity index (χ4n) is 1.06. The van der Waals surface area contributed by atoms with Gasteiger partial charge in [-0.25, -0.2) is 4.98 Å². The fraction of sp³-hybridized carbons (Fsp3) is 0.667. The van der Waals surface area contributed by atoms with Gasteiger partial charge in [0.05, 0.1) is 5.54 Å². The number of hydrogen-bond donors (Lipinski definition) is 1. The Morgan fingerprint density at radius 3 is 2.54 bits per heavy atom. The third-order valence-corrected chi connectivity index (χ3v) is 3.68. The van der Waals surface area contributed by atoms with Crippen LogP contribution in [0, 0.1) is 6.92 Å². The zero-order valence-electron chi connectivity index (χ0n) is 8.66. The minimum atomic E-state index is -0.126. The average Bonchev–Trinajstić information content (AvgIpc) is 2.50. The van der Waals surface area contributed by atoms with Crippen LogP contribution in [0.15, 0.2) is 5.38 Å². The van der Waals surface area contributed by atoms with Gasteiger partial charge in [0.25, 0.3) is 0 Å². The van der Waals surface area contributed by atoms with Gasteiger partial charge in [-0.1, -0.05) is 0 Å². The van der Waals surface area contributed by atoms with E-state index in [0.717, 1.165) is 10.7 Å². The highest BCUT2D eigenvalue weighted by Gasteiger charge is 2.30. The van der Waals surface area contributed by atoms with Crippen LogP contribution in [0.4, 0.5) is 0 Å². The van der Waals surface area contributed by atoms with Crippen molar-refractivity contribution in [2.75, 3.05) is 20.6 Å². The Kier molecular flexibility index (Phi) is 3.05. The molecule has 0 fully saturated rings. The van der Waals surface area contributed by atoms with Crippen molar-refractivity contribution < 1.29 is 0 Å². The molecule has 2 N–H and O–H groups in total. The van der Waals surface area contributed by atoms with Crippen molar-refractivity contribution in [3.63, 3.8) is 0 Å². The summed E-state index contributed by atoms with van der Waals surface area (Å²) in [6, 6.07) is 0. The largest absolute Gasteiger partial charge is 0.328 e. The number of hydrogen-bond acceptors (Lipinski definition) is 4. The van der Waals surface area contributed by atoms with Crippen LogP contribution in [0.1, 0.15) is 17.6 Å². The van der Waals surface area contributed by atoms with Crippen molar-refractivity contribution >= 4 is 11.3 Å². The molecule has 1 aromatic rings. The summed E-state index contributed by atoms with van der Waals surface area (Å²) in [5, 5.41) is 3.16. The van der Waals surface area contributed by atoms with E-state index in [9.17, 15) is 0 Å². The quantitative estimate of drug-likeness (QED) is 0.795. The highest BCUT2D eigenvalue weighted by Crippen LogP contribution is 2.27. The van der Waals surface area contributed by atoms with Crippen molar-refractivity contribution in [1.29, 1.82) is 0 Å². The van der Waals surface area contributed by atoms with Gasteiger partial charge in [0.1, 0.15) is 5.01 Å². The highest BCUT2D eigenvalue weighted by atomic mass is 32.1. The Hall–Kier alpha value is -0.450. The number of thiazole rings is 1. The van der Waals surface area contributed by atoms with E-state index in [1.807, 2.05) is 21.0 Å². The molecule has 0 aromatic carbocycles. The van der Waals surface area contributed by atoms with Crippen LogP contribution >= 0.6 is 11.3 Å². The number of likely N-dealkylation sites (N-methyl/N-ethyl adjacent to an activating group) is 1. The van der Waals surface area contributed by atoms with E-state index in [-0.39, 0.29) is 5.54 Å². The van der Waals surface area contributed by atoms with Crippen LogP contribution in [-0.4, -0.2) is 30.5 Å². The Bertz CT molecular complexity index is 282. The Balaban J connectivity index is 3.02. The molecule has 1 atom stereocenters. The standard InChI is InChI=1S/C9H17N3S/c1-7-5-13-8(11-7)9(2,6-10)12(3)4/h5H,6,10H2,1-4H3. The maximum Gasteiger partial charge on any atom is 0.114 e. The first-order chi connectivity index (χ1) is 6.00. The third-order valence-electron chi connectivity index (χ3n) is 2.46. The normalized spacial score (nSPS) is 16.2. The van der Waals surface area contributed by atoms with Crippen molar-refractivity contribution in [3.8, 4) is 0 Å². The molecule has 4 heteroatoms. The van der Waals surface area contributed by atoms with Gasteiger partial charge in [0, 0.05) is 17.6 Å². The summed E-state index contributed by atoms with van der Waals surface area (Å²) in [5.41, 5.74) is 6.72. The van der Waals surface area contributed by atoms with E-state index >= 15 is 0 Å². The second kappa shape index (κ2) is 3.74. The SMILES string of the molecule is Cc1csc(C(C)(CN)N(C)C)n1. The monoisotopic (exact) mass is 199 g/mol. The summed E-state index contributed by atoms with van der Waals surface area (Å²) < 4.78 is 0. The molecule has 74 valence electrons. The van der Waals surface area contributed by atoms with E-state index < -0.39 is 0 Å². The zero-order chi connectivity index (χ0) is 10.1. The smallest absolute Gasteiger partial charge is 0.114 e. The molecule has 0 radical (unpaired) electrons. The molecule has 0 saturated heterocycles. The first kappa shape index (κ1) is 10.6. The molecular weight excluding hydrogens is 182 g/mol. The summed E-state index contributed by atoms with van der Waals surface area (Å²) in [6.45, 7) is 4.71. The molecule has 1 aromatic heterocycles. The Labute approximate surface area is 83.6 Å². The van der Waals surface area contributed by atoms with Crippen molar-refractivity contribution in [2.45, 2.75) is 19.4 Å². The molecule has 0 amide bonds. The first-order valence-electron chi connectivity index (χ1n) is 4.31. The second-order valence-corrected chi connectivity index (χ2v) is 4.52. The maximum absolute atomic E-state index is 5.77. The second-order valence-electron chi connectivity index (χ2n) is 3.67. The number of aromatic nitrogens is 1. The minimum absolute atomic E-state index is 0.126. The van der Waals surface area contributed by atoms with Gasteiger partial charge < -0.3 is 5.73 Å². The lowest BCUT2D eigenvalue weighted by atomic mass is 10.0. The molecule has 1 unspecified atom stereocenters. The number of nitrogens with two attached hydrogens (primary N) is 1. The van der Waals surface area contributed by atoms with E-state index in [1.165, 1.54) is 0 Å². The zero-order valence-corrected chi connectivity index (χ0v) is 9.48. The molecular formula is C9H17N3S. The van der Waals surface area contributed by atoms with Crippen LogP contribution in [0.2, 0.25) is 0 Å². The van der Waals surface area contributed by atoms with E-state index in [4.69, 9.17) is 5.73 Å². The molecule has 0 saturated carbocycles. The Morgan fingerprint density at radius 1 is 1.62 bits per heavy atom. The predicted molar refractivity (Wildman–Crippen MR) is 56.9 cm³/mol. The van der Waals surface area contributed by atoms with Gasteiger partial charge >= 0.3 is 0 Å². The van der Waals surface area contributed by atoms with Gasteiger partial charge in [-0.3, -0.25) is 4.90 Å². The molecule has 0 aliphatic heterocycles. The fourth-order valence-corrected chi connectivity index (χ4v) is 2.11. The van der Waals surface area contributed by atoms with Crippen LogP contribution in [0.5, 0.6) is 0 Å². The lowest BCUT2D eigenvalue weighted by molar-refractivity contribution is 0.182. The maximum atomic E-state index is 5.77. The molecule has 1 heterocycles. The highest BCUT2D eigenvalue weighted by molar-refractivity contribution is 7.09. The minimum Gasteiger partial charge on any atom is -0.328 e. The van der Waals surface area contributed by atoms with E-state index in [0.29, 0.717) is 6.54 Å². The number of nitrogens with zero attached hydrogens (tertiary/aromatic N) is 2. The summed E-state index contributed by atoms with van der Waals surface area (Å²) in [6.07, 6.45) is 0. The summed E-state index contributed by atoms with van der Waals surface area (Å²) in [7, 11) is 4.06. The Morgan fingerprint density at radius 2 is 2.23 bits per heavy atom. The third kappa shape index (κ3) is 1.90. The topological polar surface area (TPSA) is 42.1 Å². The van der Waals surface area contributed by atoms with Gasteiger partial charge in [-0.2, -0.15) is 0 Å². The van der Waals surface area contributed by atoms with Gasteiger partial charge in [-0.15, -0.1) is 11.3 Å². The summed E-state index contributed by atoms with van der Waals surface area (Å²) in [4.78, 5) is 6.59. The van der Waals surface area contributed by atoms with Crippen molar-refractivity contribution in [2.24, 2.45) is 5.73 Å². The van der Waals surface area contributed by atoms with E-state index in [1.54, 1.807) is 11.3 Å². The lowest BCUT2D eigenvalue weighted by Gasteiger charge is -2.33. The van der Waals surface area contributed by atoms with Crippen molar-refractivity contribution in [1.82, 2.24) is 9.88 Å². The molecule has 0 aliphatic carbocycles. The van der Waals surface area contributed by atoms with Crippen LogP contribution in [0.25, 0.3) is 0 Å². The molecule has 0 aliphatic rings. The molecule has 0 spiro atoms. The molecule has 3 nitrogen and oxygen atoms in total. The van der Waals surface area contributed by atoms with Gasteiger partial charge in [0.15, 0.2) is 0 Å². The summed E-state index contributed by atoms with van der Waals surface area (Å²) >= 11 is 1.68. The van der Waals surface area contributed by atoms with Crippen LogP contribution < -0.4 is 5.73 Å². The average molecular weight is 199 g/mol. The molecule has 1 rings (SSSR count). The van der Waals surface area contributed by atoms with Crippen molar-refractivity contribution in [3.05, 3.63) is 16.1 Å². The van der Waals surface area contributed by atoms with Crippen LogP contribution in [-0.2, 0) is 5.54 Å². The van der Waals surface area contributed by atoms with Gasteiger partial charge in [0.2, 0.25) is 0 Å². The molecule has 0 bridgehead atoms. The number of aryl methyl sites for hydroxylation is 1. The van der Waals surface area contributed by atoms with Crippen LogP contribution in [0.3, 0.4) is 0 Å². The van der Waals surface area contributed by atoms with Gasteiger partial charge in [-0.05, 0) is 27.9 Å². The number of rotatable bonds is 3.